The molecule has 1 N–H and O–H groups in total. The van der Waals surface area contributed by atoms with Crippen molar-refractivity contribution >= 4 is 23.3 Å². The molecule has 1 aliphatic heterocycles. The molecule has 1 atom stereocenters. The first-order chi connectivity index (χ1) is 15.9. The maximum atomic E-state index is 13.2. The van der Waals surface area contributed by atoms with Crippen molar-refractivity contribution in [2.45, 2.75) is 13.0 Å². The summed E-state index contributed by atoms with van der Waals surface area (Å²) in [6.07, 6.45) is 0. The number of aryl methyl sites for hydroxylation is 1. The standard InChI is InChI=1S/C24H22N2O7/c1-13-11-18(25-33-13)26-20(16-9-6-10-17(31-3)23(16)32-4)19(22(28)24(26)29)21(27)14-7-5-8-15(12-14)30-2/h5-12,20,27H,1-4H3/b21-19-. The van der Waals surface area contributed by atoms with E-state index in [9.17, 15) is 14.7 Å². The molecule has 170 valence electrons. The van der Waals surface area contributed by atoms with E-state index >= 15 is 0 Å². The summed E-state index contributed by atoms with van der Waals surface area (Å²) in [6, 6.07) is 12.1. The molecule has 1 fully saturated rings. The minimum absolute atomic E-state index is 0.125. The van der Waals surface area contributed by atoms with E-state index in [0.717, 1.165) is 0 Å². The Balaban J connectivity index is 2.01. The van der Waals surface area contributed by atoms with Gasteiger partial charge in [0.05, 0.1) is 26.9 Å². The number of hydrogen-bond acceptors (Lipinski definition) is 8. The summed E-state index contributed by atoms with van der Waals surface area (Å²) >= 11 is 0. The lowest BCUT2D eigenvalue weighted by Gasteiger charge is -2.25. The van der Waals surface area contributed by atoms with Gasteiger partial charge in [-0.2, -0.15) is 0 Å². The van der Waals surface area contributed by atoms with E-state index in [1.54, 1.807) is 49.4 Å². The molecule has 0 bridgehead atoms. The Hall–Kier alpha value is -4.27. The highest BCUT2D eigenvalue weighted by atomic mass is 16.5. The fraction of sp³-hybridized carbons (Fsp3) is 0.208. The zero-order valence-corrected chi connectivity index (χ0v) is 18.5. The molecule has 4 rings (SSSR count). The fourth-order valence-electron chi connectivity index (χ4n) is 3.88. The van der Waals surface area contributed by atoms with Crippen LogP contribution >= 0.6 is 0 Å². The number of carbonyl (C=O) groups excluding carboxylic acids is 2. The average Bonchev–Trinajstić information content (AvgIpc) is 3.38. The van der Waals surface area contributed by atoms with Crippen LogP contribution in [0.1, 0.15) is 22.9 Å². The van der Waals surface area contributed by atoms with Gasteiger partial charge in [-0.25, -0.2) is 0 Å². The molecule has 1 amide bonds. The molecule has 9 heteroatoms. The van der Waals surface area contributed by atoms with Crippen molar-refractivity contribution in [2.24, 2.45) is 0 Å². The number of benzene rings is 2. The number of ketones is 1. The molecule has 0 saturated carbocycles. The number of carbonyl (C=O) groups is 2. The molecule has 3 aromatic rings. The smallest absolute Gasteiger partial charge is 0.301 e. The number of para-hydroxylation sites is 1. The number of aromatic nitrogens is 1. The van der Waals surface area contributed by atoms with E-state index in [1.807, 2.05) is 0 Å². The highest BCUT2D eigenvalue weighted by Crippen LogP contribution is 2.47. The maximum Gasteiger partial charge on any atom is 0.301 e. The Bertz CT molecular complexity index is 1260. The number of anilines is 1. The molecular formula is C24H22N2O7. The summed E-state index contributed by atoms with van der Waals surface area (Å²) < 4.78 is 21.4. The van der Waals surface area contributed by atoms with Crippen LogP contribution in [0.5, 0.6) is 17.2 Å². The number of ether oxygens (including phenoxy) is 3. The molecule has 2 heterocycles. The van der Waals surface area contributed by atoms with Crippen LogP contribution in [0.4, 0.5) is 5.82 Å². The van der Waals surface area contributed by atoms with Gasteiger partial charge in [-0.05, 0) is 25.1 Å². The van der Waals surface area contributed by atoms with Crippen molar-refractivity contribution in [1.82, 2.24) is 5.16 Å². The van der Waals surface area contributed by atoms with Gasteiger partial charge in [0.25, 0.3) is 5.78 Å². The Labute approximate surface area is 189 Å². The molecule has 1 saturated heterocycles. The van der Waals surface area contributed by atoms with E-state index in [-0.39, 0.29) is 17.2 Å². The number of Topliss-reactive ketones (excluding diaryl/α,β-unsaturated/α-hetero) is 1. The molecule has 1 unspecified atom stereocenters. The number of hydrogen-bond donors (Lipinski definition) is 1. The predicted octanol–water partition coefficient (Wildman–Crippen LogP) is 3.64. The molecule has 9 nitrogen and oxygen atoms in total. The fourth-order valence-corrected chi connectivity index (χ4v) is 3.88. The molecule has 0 spiro atoms. The number of nitrogens with zero attached hydrogens (tertiary/aromatic N) is 2. The lowest BCUT2D eigenvalue weighted by molar-refractivity contribution is -0.132. The largest absolute Gasteiger partial charge is 0.507 e. The van der Waals surface area contributed by atoms with Crippen LogP contribution in [-0.4, -0.2) is 43.3 Å². The SMILES string of the molecule is COc1cccc(/C(O)=C2/C(=O)C(=O)N(c3cc(C)on3)C2c2cccc(OC)c2OC)c1. The summed E-state index contributed by atoms with van der Waals surface area (Å²) in [7, 11) is 4.43. The van der Waals surface area contributed by atoms with Crippen molar-refractivity contribution in [3.63, 3.8) is 0 Å². The molecule has 33 heavy (non-hydrogen) atoms. The third-order valence-corrected chi connectivity index (χ3v) is 5.38. The first kappa shape index (κ1) is 21.9. The van der Waals surface area contributed by atoms with Crippen molar-refractivity contribution in [2.75, 3.05) is 26.2 Å². The maximum absolute atomic E-state index is 13.2. The van der Waals surface area contributed by atoms with Gasteiger partial charge < -0.3 is 23.8 Å². The molecule has 2 aromatic carbocycles. The number of aliphatic hydroxyl groups is 1. The first-order valence-electron chi connectivity index (χ1n) is 10.0. The van der Waals surface area contributed by atoms with Crippen LogP contribution in [0, 0.1) is 6.92 Å². The Morgan fingerprint density at radius 1 is 1.03 bits per heavy atom. The second-order valence-corrected chi connectivity index (χ2v) is 7.28. The van der Waals surface area contributed by atoms with E-state index in [1.165, 1.54) is 32.3 Å². The second kappa shape index (κ2) is 8.70. The lowest BCUT2D eigenvalue weighted by atomic mass is 9.94. The van der Waals surface area contributed by atoms with E-state index in [2.05, 4.69) is 5.16 Å². The highest BCUT2D eigenvalue weighted by molar-refractivity contribution is 6.51. The zero-order valence-electron chi connectivity index (χ0n) is 18.5. The van der Waals surface area contributed by atoms with Gasteiger partial charge in [0.1, 0.15) is 23.3 Å². The zero-order chi connectivity index (χ0) is 23.7. The third-order valence-electron chi connectivity index (χ3n) is 5.38. The lowest BCUT2D eigenvalue weighted by Crippen LogP contribution is -2.30. The van der Waals surface area contributed by atoms with E-state index in [4.69, 9.17) is 18.7 Å². The first-order valence-corrected chi connectivity index (χ1v) is 10.0. The van der Waals surface area contributed by atoms with E-state index < -0.39 is 17.7 Å². The number of methoxy groups -OCH3 is 3. The molecule has 0 aliphatic carbocycles. The van der Waals surface area contributed by atoms with Crippen LogP contribution in [0.3, 0.4) is 0 Å². The summed E-state index contributed by atoms with van der Waals surface area (Å²) in [5, 5.41) is 15.2. The van der Waals surface area contributed by atoms with Gasteiger partial charge in [-0.15, -0.1) is 0 Å². The molecule has 1 aliphatic rings. The van der Waals surface area contributed by atoms with Gasteiger partial charge >= 0.3 is 5.91 Å². The minimum Gasteiger partial charge on any atom is -0.507 e. The Morgan fingerprint density at radius 3 is 2.42 bits per heavy atom. The van der Waals surface area contributed by atoms with Crippen LogP contribution in [0.2, 0.25) is 0 Å². The van der Waals surface area contributed by atoms with Crippen molar-refractivity contribution in [3.05, 3.63) is 71.0 Å². The predicted molar refractivity (Wildman–Crippen MR) is 119 cm³/mol. The number of rotatable bonds is 6. The summed E-state index contributed by atoms with van der Waals surface area (Å²) in [5.41, 5.74) is 0.622. The summed E-state index contributed by atoms with van der Waals surface area (Å²) in [6.45, 7) is 1.67. The monoisotopic (exact) mass is 450 g/mol. The summed E-state index contributed by atoms with van der Waals surface area (Å²) in [5.74, 6) is -0.300. The van der Waals surface area contributed by atoms with E-state index in [0.29, 0.717) is 34.1 Å². The normalized spacial score (nSPS) is 17.3. The summed E-state index contributed by atoms with van der Waals surface area (Å²) in [4.78, 5) is 27.6. The second-order valence-electron chi connectivity index (χ2n) is 7.28. The van der Waals surface area contributed by atoms with Gasteiger partial charge in [0, 0.05) is 17.2 Å². The Morgan fingerprint density at radius 2 is 1.79 bits per heavy atom. The van der Waals surface area contributed by atoms with Crippen molar-refractivity contribution in [1.29, 1.82) is 0 Å². The minimum atomic E-state index is -1.05. The molecular weight excluding hydrogens is 428 g/mol. The van der Waals surface area contributed by atoms with Gasteiger partial charge in [-0.3, -0.25) is 14.5 Å². The quantitative estimate of drug-likeness (QED) is 0.344. The molecule has 1 aromatic heterocycles. The number of amides is 1. The van der Waals surface area contributed by atoms with Crippen molar-refractivity contribution in [3.8, 4) is 17.2 Å². The van der Waals surface area contributed by atoms with Gasteiger partial charge in [0.2, 0.25) is 0 Å². The van der Waals surface area contributed by atoms with Crippen LogP contribution < -0.4 is 19.1 Å². The highest BCUT2D eigenvalue weighted by Gasteiger charge is 2.49. The number of aliphatic hydroxyl groups excluding tert-OH is 1. The van der Waals surface area contributed by atoms with Crippen LogP contribution in [-0.2, 0) is 9.59 Å². The Kier molecular flexibility index (Phi) is 5.78. The van der Waals surface area contributed by atoms with Crippen LogP contribution in [0.25, 0.3) is 5.76 Å². The topological polar surface area (TPSA) is 111 Å². The van der Waals surface area contributed by atoms with Crippen LogP contribution in [0.15, 0.2) is 58.6 Å². The van der Waals surface area contributed by atoms with Gasteiger partial charge in [0.15, 0.2) is 17.3 Å². The average molecular weight is 450 g/mol. The molecule has 0 radical (unpaired) electrons. The van der Waals surface area contributed by atoms with Crippen molar-refractivity contribution < 1.29 is 33.4 Å². The van der Waals surface area contributed by atoms with Gasteiger partial charge in [-0.1, -0.05) is 29.4 Å². The third kappa shape index (κ3) is 3.67.